The van der Waals surface area contributed by atoms with Crippen LogP contribution in [0.4, 0.5) is 4.79 Å². The molecular weight excluding hydrogens is 144 g/mol. The molecule has 1 aliphatic rings. The molecule has 1 heterocycles. The molecule has 0 bridgehead atoms. The van der Waals surface area contributed by atoms with E-state index in [0.29, 0.717) is 5.92 Å². The van der Waals surface area contributed by atoms with Gasteiger partial charge in [0, 0.05) is 12.6 Å². The number of nitrogens with one attached hydrogen (secondary N) is 2. The second-order valence-electron chi connectivity index (χ2n) is 3.15. The second kappa shape index (κ2) is 3.57. The van der Waals surface area contributed by atoms with Crippen LogP contribution in [0.2, 0.25) is 0 Å². The zero-order valence-electron chi connectivity index (χ0n) is 6.63. The standard InChI is InChI=1S/C7H14N2O2/c1-5-2-6(4-8-3-5)9-7(10)11/h5-6,8-9H,2-4H2,1H3,(H,10,11)/t5-,6?/m1/s1. The molecule has 1 amide bonds. The van der Waals surface area contributed by atoms with Crippen molar-refractivity contribution in [3.8, 4) is 0 Å². The van der Waals surface area contributed by atoms with Crippen molar-refractivity contribution in [2.75, 3.05) is 13.1 Å². The molecular formula is C7H14N2O2. The Morgan fingerprint density at radius 3 is 2.91 bits per heavy atom. The molecule has 1 saturated heterocycles. The van der Waals surface area contributed by atoms with Crippen molar-refractivity contribution >= 4 is 6.09 Å². The third-order valence-corrected chi connectivity index (χ3v) is 1.90. The molecule has 4 heteroatoms. The average Bonchev–Trinajstić information content (AvgIpc) is 1.85. The molecule has 2 atom stereocenters. The van der Waals surface area contributed by atoms with Crippen LogP contribution in [0.25, 0.3) is 0 Å². The number of hydrogen-bond acceptors (Lipinski definition) is 2. The van der Waals surface area contributed by atoms with Crippen molar-refractivity contribution < 1.29 is 9.90 Å². The normalized spacial score (nSPS) is 31.4. The Labute approximate surface area is 66.0 Å². The van der Waals surface area contributed by atoms with E-state index < -0.39 is 6.09 Å². The van der Waals surface area contributed by atoms with Gasteiger partial charge in [0.2, 0.25) is 0 Å². The number of piperidine rings is 1. The van der Waals surface area contributed by atoms with Gasteiger partial charge in [-0.3, -0.25) is 0 Å². The summed E-state index contributed by atoms with van der Waals surface area (Å²) < 4.78 is 0. The highest BCUT2D eigenvalue weighted by Gasteiger charge is 2.19. The highest BCUT2D eigenvalue weighted by atomic mass is 16.4. The Morgan fingerprint density at radius 2 is 2.36 bits per heavy atom. The molecule has 0 aliphatic carbocycles. The van der Waals surface area contributed by atoms with Gasteiger partial charge in [0.25, 0.3) is 0 Å². The third kappa shape index (κ3) is 2.76. The molecule has 1 fully saturated rings. The summed E-state index contributed by atoms with van der Waals surface area (Å²) in [5.74, 6) is 0.570. The quantitative estimate of drug-likeness (QED) is 0.512. The third-order valence-electron chi connectivity index (χ3n) is 1.90. The van der Waals surface area contributed by atoms with Crippen LogP contribution in [-0.4, -0.2) is 30.3 Å². The number of carboxylic acid groups (broad SMARTS) is 1. The summed E-state index contributed by atoms with van der Waals surface area (Å²) in [4.78, 5) is 10.2. The van der Waals surface area contributed by atoms with Gasteiger partial charge in [-0.25, -0.2) is 4.79 Å². The molecule has 1 aliphatic heterocycles. The van der Waals surface area contributed by atoms with Gasteiger partial charge in [-0.2, -0.15) is 0 Å². The lowest BCUT2D eigenvalue weighted by Crippen LogP contribution is -2.47. The minimum atomic E-state index is -0.925. The fraction of sp³-hybridized carbons (Fsp3) is 0.857. The molecule has 1 unspecified atom stereocenters. The van der Waals surface area contributed by atoms with Gasteiger partial charge in [0.05, 0.1) is 0 Å². The van der Waals surface area contributed by atoms with Crippen LogP contribution < -0.4 is 10.6 Å². The van der Waals surface area contributed by atoms with E-state index in [1.54, 1.807) is 0 Å². The monoisotopic (exact) mass is 158 g/mol. The van der Waals surface area contributed by atoms with E-state index in [1.165, 1.54) is 0 Å². The Kier molecular flexibility index (Phi) is 2.70. The molecule has 3 N–H and O–H groups in total. The molecule has 0 saturated carbocycles. The van der Waals surface area contributed by atoms with E-state index >= 15 is 0 Å². The van der Waals surface area contributed by atoms with Gasteiger partial charge in [0.15, 0.2) is 0 Å². The lowest BCUT2D eigenvalue weighted by atomic mass is 9.98. The molecule has 0 aromatic rings. The first kappa shape index (κ1) is 8.33. The Bertz CT molecular complexity index is 149. The van der Waals surface area contributed by atoms with Gasteiger partial charge in [-0.15, -0.1) is 0 Å². The topological polar surface area (TPSA) is 61.4 Å². The van der Waals surface area contributed by atoms with E-state index in [1.807, 2.05) is 0 Å². The van der Waals surface area contributed by atoms with Crippen LogP contribution >= 0.6 is 0 Å². The molecule has 0 aromatic carbocycles. The molecule has 64 valence electrons. The van der Waals surface area contributed by atoms with Crippen LogP contribution in [0, 0.1) is 5.92 Å². The molecule has 0 spiro atoms. The van der Waals surface area contributed by atoms with E-state index in [-0.39, 0.29) is 6.04 Å². The number of amides is 1. The minimum absolute atomic E-state index is 0.0937. The van der Waals surface area contributed by atoms with Gasteiger partial charge in [-0.1, -0.05) is 6.92 Å². The lowest BCUT2D eigenvalue weighted by Gasteiger charge is -2.27. The van der Waals surface area contributed by atoms with Crippen molar-refractivity contribution in [2.45, 2.75) is 19.4 Å². The first-order chi connectivity index (χ1) is 5.18. The molecule has 1 rings (SSSR count). The van der Waals surface area contributed by atoms with E-state index in [4.69, 9.17) is 5.11 Å². The zero-order valence-corrected chi connectivity index (χ0v) is 6.63. The van der Waals surface area contributed by atoms with Gasteiger partial charge in [0.1, 0.15) is 0 Å². The van der Waals surface area contributed by atoms with Gasteiger partial charge in [-0.05, 0) is 18.9 Å². The maximum atomic E-state index is 10.2. The fourth-order valence-electron chi connectivity index (χ4n) is 1.44. The van der Waals surface area contributed by atoms with Crippen molar-refractivity contribution in [1.29, 1.82) is 0 Å². The van der Waals surface area contributed by atoms with Crippen molar-refractivity contribution in [3.63, 3.8) is 0 Å². The van der Waals surface area contributed by atoms with E-state index in [9.17, 15) is 4.79 Å². The van der Waals surface area contributed by atoms with Crippen molar-refractivity contribution in [2.24, 2.45) is 5.92 Å². The lowest BCUT2D eigenvalue weighted by molar-refractivity contribution is 0.184. The number of carbonyl (C=O) groups is 1. The minimum Gasteiger partial charge on any atom is -0.465 e. The Hall–Kier alpha value is -0.770. The predicted molar refractivity (Wildman–Crippen MR) is 41.6 cm³/mol. The molecule has 4 nitrogen and oxygen atoms in total. The highest BCUT2D eigenvalue weighted by Crippen LogP contribution is 2.08. The first-order valence-corrected chi connectivity index (χ1v) is 3.88. The Morgan fingerprint density at radius 1 is 1.64 bits per heavy atom. The average molecular weight is 158 g/mol. The fourth-order valence-corrected chi connectivity index (χ4v) is 1.44. The molecule has 0 aromatic heterocycles. The van der Waals surface area contributed by atoms with Crippen LogP contribution in [0.15, 0.2) is 0 Å². The maximum absolute atomic E-state index is 10.2. The molecule has 0 radical (unpaired) electrons. The van der Waals surface area contributed by atoms with Crippen LogP contribution in [0.5, 0.6) is 0 Å². The smallest absolute Gasteiger partial charge is 0.404 e. The highest BCUT2D eigenvalue weighted by molar-refractivity contribution is 5.64. The number of hydrogen-bond donors (Lipinski definition) is 3. The van der Waals surface area contributed by atoms with E-state index in [0.717, 1.165) is 19.5 Å². The SMILES string of the molecule is C[C@H]1CNCC(NC(=O)O)C1. The van der Waals surface area contributed by atoms with Crippen molar-refractivity contribution in [1.82, 2.24) is 10.6 Å². The zero-order chi connectivity index (χ0) is 8.27. The summed E-state index contributed by atoms with van der Waals surface area (Å²) in [5.41, 5.74) is 0. The van der Waals surface area contributed by atoms with Crippen LogP contribution in [0.3, 0.4) is 0 Å². The second-order valence-corrected chi connectivity index (χ2v) is 3.15. The predicted octanol–water partition coefficient (Wildman–Crippen LogP) is 0.252. The van der Waals surface area contributed by atoms with Crippen LogP contribution in [-0.2, 0) is 0 Å². The first-order valence-electron chi connectivity index (χ1n) is 3.88. The van der Waals surface area contributed by atoms with Gasteiger partial charge >= 0.3 is 6.09 Å². The largest absolute Gasteiger partial charge is 0.465 e. The Balaban J connectivity index is 2.28. The van der Waals surface area contributed by atoms with Gasteiger partial charge < -0.3 is 15.7 Å². The summed E-state index contributed by atoms with van der Waals surface area (Å²) in [6.45, 7) is 3.87. The molecule has 11 heavy (non-hydrogen) atoms. The summed E-state index contributed by atoms with van der Waals surface area (Å²) in [5, 5.41) is 14.0. The number of rotatable bonds is 1. The summed E-state index contributed by atoms with van der Waals surface area (Å²) in [7, 11) is 0. The van der Waals surface area contributed by atoms with E-state index in [2.05, 4.69) is 17.6 Å². The van der Waals surface area contributed by atoms with Crippen LogP contribution in [0.1, 0.15) is 13.3 Å². The maximum Gasteiger partial charge on any atom is 0.404 e. The summed E-state index contributed by atoms with van der Waals surface area (Å²) in [6.07, 6.45) is 0.0187. The summed E-state index contributed by atoms with van der Waals surface area (Å²) >= 11 is 0. The van der Waals surface area contributed by atoms with Crippen molar-refractivity contribution in [3.05, 3.63) is 0 Å². The summed E-state index contributed by atoms with van der Waals surface area (Å²) in [6, 6.07) is 0.0937.